The van der Waals surface area contributed by atoms with Crippen LogP contribution >= 0.6 is 0 Å². The average molecular weight is 392 g/mol. The van der Waals surface area contributed by atoms with E-state index in [1.165, 1.54) is 12.1 Å². The fourth-order valence-corrected chi connectivity index (χ4v) is 3.18. The molecule has 3 aromatic rings. The molecule has 1 aromatic carbocycles. The highest BCUT2D eigenvalue weighted by Gasteiger charge is 2.25. The van der Waals surface area contributed by atoms with E-state index in [1.54, 1.807) is 28.9 Å². The van der Waals surface area contributed by atoms with Gasteiger partial charge >= 0.3 is 0 Å². The Balaban J connectivity index is 1.56. The summed E-state index contributed by atoms with van der Waals surface area (Å²) in [5, 5.41) is 13.3. The number of amides is 2. The van der Waals surface area contributed by atoms with Gasteiger partial charge in [0.05, 0.1) is 12.6 Å². The van der Waals surface area contributed by atoms with Gasteiger partial charge in [-0.3, -0.25) is 14.9 Å². The first-order valence-electron chi connectivity index (χ1n) is 9.28. The van der Waals surface area contributed by atoms with Crippen LogP contribution in [-0.4, -0.2) is 32.5 Å². The van der Waals surface area contributed by atoms with Gasteiger partial charge in [-0.2, -0.15) is 9.61 Å². The second-order valence-corrected chi connectivity index (χ2v) is 7.14. The second kappa shape index (κ2) is 6.69. The molecule has 8 nitrogen and oxygen atoms in total. The highest BCUT2D eigenvalue weighted by atomic mass is 19.1. The van der Waals surface area contributed by atoms with E-state index in [-0.39, 0.29) is 18.1 Å². The first-order valence-corrected chi connectivity index (χ1v) is 9.28. The summed E-state index contributed by atoms with van der Waals surface area (Å²) in [6, 6.07) is 8.22. The molecule has 0 bridgehead atoms. The van der Waals surface area contributed by atoms with Crippen molar-refractivity contribution in [1.29, 1.82) is 0 Å². The fraction of sp³-hybridized carbons (Fsp3) is 0.200. The lowest BCUT2D eigenvalue weighted by Crippen LogP contribution is -2.19. The van der Waals surface area contributed by atoms with Crippen molar-refractivity contribution in [2.75, 3.05) is 10.6 Å². The maximum atomic E-state index is 13.2. The molecule has 2 aromatic heterocycles. The summed E-state index contributed by atoms with van der Waals surface area (Å²) in [6.07, 6.45) is 5.47. The van der Waals surface area contributed by atoms with Crippen LogP contribution in [0.5, 0.6) is 0 Å². The normalized spacial score (nSPS) is 17.8. The van der Waals surface area contributed by atoms with Crippen LogP contribution in [0.15, 0.2) is 42.1 Å². The van der Waals surface area contributed by atoms with Crippen LogP contribution in [0.3, 0.4) is 0 Å². The number of fused-ring (bicyclic) bond motifs is 1. The number of aromatic nitrogens is 3. The van der Waals surface area contributed by atoms with E-state index in [0.29, 0.717) is 34.3 Å². The van der Waals surface area contributed by atoms with Crippen LogP contribution in [0, 0.1) is 5.82 Å². The predicted molar refractivity (Wildman–Crippen MR) is 105 cm³/mol. The number of halogens is 1. The summed E-state index contributed by atoms with van der Waals surface area (Å²) >= 11 is 0. The summed E-state index contributed by atoms with van der Waals surface area (Å²) in [5.41, 5.74) is 2.24. The van der Waals surface area contributed by atoms with Crippen LogP contribution < -0.4 is 16.0 Å². The molecule has 2 fully saturated rings. The van der Waals surface area contributed by atoms with E-state index in [2.05, 4.69) is 26.0 Å². The molecule has 2 amide bonds. The van der Waals surface area contributed by atoms with Gasteiger partial charge in [0, 0.05) is 28.9 Å². The number of rotatable bonds is 5. The van der Waals surface area contributed by atoms with Crippen molar-refractivity contribution in [1.82, 2.24) is 19.9 Å². The third-order valence-corrected chi connectivity index (χ3v) is 4.77. The smallest absolute Gasteiger partial charge is 0.254 e. The van der Waals surface area contributed by atoms with E-state index in [1.807, 2.05) is 6.07 Å². The Bertz CT molecular complexity index is 1160. The first kappa shape index (κ1) is 17.4. The van der Waals surface area contributed by atoms with Crippen molar-refractivity contribution in [3.8, 4) is 0 Å². The molecule has 1 saturated heterocycles. The Morgan fingerprint density at radius 2 is 2.00 bits per heavy atom. The topological polar surface area (TPSA) is 100 Å². The molecule has 0 spiro atoms. The Morgan fingerprint density at radius 3 is 2.69 bits per heavy atom. The molecular formula is C20H17FN6O2. The molecule has 0 unspecified atom stereocenters. The van der Waals surface area contributed by atoms with Crippen LogP contribution in [0.4, 0.5) is 21.7 Å². The number of carbonyl (C=O) groups excluding carboxylic acids is 2. The zero-order valence-electron chi connectivity index (χ0n) is 15.3. The lowest BCUT2D eigenvalue weighted by atomic mass is 10.1. The van der Waals surface area contributed by atoms with Crippen molar-refractivity contribution >= 4 is 40.9 Å². The average Bonchev–Trinajstić information content (AvgIpc) is 3.33. The van der Waals surface area contributed by atoms with Crippen molar-refractivity contribution in [3.05, 3.63) is 53.5 Å². The Kier molecular flexibility index (Phi) is 4.01. The standard InChI is InChI=1S/C20H17FN6O2/c21-13-1-3-14(4-2-13)23-16-9-17(24-15-5-6-15)27-19(25-16)12(10-22-27)7-11-8-18(28)26-20(11)29/h1-4,7,9-10,15,24H,5-6,8H2,(H,23,25)(H,26,28,29). The number of nitrogens with zero attached hydrogens (tertiary/aromatic N) is 3. The summed E-state index contributed by atoms with van der Waals surface area (Å²) in [6.45, 7) is 0. The highest BCUT2D eigenvalue weighted by molar-refractivity contribution is 6.15. The number of hydrogen-bond acceptors (Lipinski definition) is 6. The van der Waals surface area contributed by atoms with E-state index in [9.17, 15) is 14.0 Å². The van der Waals surface area contributed by atoms with Crippen molar-refractivity contribution in [3.63, 3.8) is 0 Å². The second-order valence-electron chi connectivity index (χ2n) is 7.14. The molecule has 1 saturated carbocycles. The molecule has 29 heavy (non-hydrogen) atoms. The van der Waals surface area contributed by atoms with Gasteiger partial charge in [0.2, 0.25) is 5.91 Å². The van der Waals surface area contributed by atoms with Crippen molar-refractivity contribution < 1.29 is 14.0 Å². The fourth-order valence-electron chi connectivity index (χ4n) is 3.18. The molecule has 9 heteroatoms. The van der Waals surface area contributed by atoms with Gasteiger partial charge < -0.3 is 10.6 Å². The van der Waals surface area contributed by atoms with Crippen LogP contribution in [-0.2, 0) is 9.59 Å². The monoisotopic (exact) mass is 392 g/mol. The quantitative estimate of drug-likeness (QED) is 0.456. The zero-order valence-corrected chi connectivity index (χ0v) is 15.3. The SMILES string of the molecule is O=C1CC(=Cc2cnn3c(NC4CC4)cc(Nc4ccc(F)cc4)nc23)C(=O)N1. The molecule has 1 aliphatic heterocycles. The number of imide groups is 1. The van der Waals surface area contributed by atoms with Gasteiger partial charge in [-0.1, -0.05) is 0 Å². The Labute approximate surface area is 164 Å². The van der Waals surface area contributed by atoms with E-state index in [4.69, 9.17) is 0 Å². The third kappa shape index (κ3) is 3.54. The Hall–Kier alpha value is -3.75. The van der Waals surface area contributed by atoms with Gasteiger partial charge in [0.25, 0.3) is 5.91 Å². The first-order chi connectivity index (χ1) is 14.0. The van der Waals surface area contributed by atoms with Crippen LogP contribution in [0.25, 0.3) is 11.7 Å². The van der Waals surface area contributed by atoms with E-state index >= 15 is 0 Å². The van der Waals surface area contributed by atoms with Crippen LogP contribution in [0.1, 0.15) is 24.8 Å². The lowest BCUT2D eigenvalue weighted by Gasteiger charge is -2.11. The summed E-state index contributed by atoms with van der Waals surface area (Å²) in [5.74, 6) is 0.286. The van der Waals surface area contributed by atoms with Gasteiger partial charge in [-0.05, 0) is 43.2 Å². The van der Waals surface area contributed by atoms with Gasteiger partial charge in [-0.15, -0.1) is 0 Å². The Morgan fingerprint density at radius 1 is 1.21 bits per heavy atom. The molecule has 0 radical (unpaired) electrons. The molecule has 3 heterocycles. The minimum absolute atomic E-state index is 0.0386. The number of carbonyl (C=O) groups is 2. The van der Waals surface area contributed by atoms with Gasteiger partial charge in [-0.25, -0.2) is 9.37 Å². The summed E-state index contributed by atoms with van der Waals surface area (Å²) < 4.78 is 14.9. The number of anilines is 3. The van der Waals surface area contributed by atoms with Gasteiger partial charge in [0.15, 0.2) is 5.65 Å². The van der Waals surface area contributed by atoms with E-state index < -0.39 is 5.91 Å². The minimum atomic E-state index is -0.397. The summed E-state index contributed by atoms with van der Waals surface area (Å²) in [4.78, 5) is 28.0. The summed E-state index contributed by atoms with van der Waals surface area (Å²) in [7, 11) is 0. The number of hydrogen-bond donors (Lipinski definition) is 3. The largest absolute Gasteiger partial charge is 0.367 e. The van der Waals surface area contributed by atoms with E-state index in [0.717, 1.165) is 18.7 Å². The number of benzene rings is 1. The molecule has 1 aliphatic carbocycles. The molecular weight excluding hydrogens is 375 g/mol. The zero-order chi connectivity index (χ0) is 20.0. The third-order valence-electron chi connectivity index (χ3n) is 4.77. The maximum absolute atomic E-state index is 13.2. The minimum Gasteiger partial charge on any atom is -0.367 e. The molecule has 5 rings (SSSR count). The van der Waals surface area contributed by atoms with Gasteiger partial charge in [0.1, 0.15) is 17.5 Å². The van der Waals surface area contributed by atoms with Crippen molar-refractivity contribution in [2.24, 2.45) is 0 Å². The maximum Gasteiger partial charge on any atom is 0.254 e. The molecule has 146 valence electrons. The molecule has 2 aliphatic rings. The lowest BCUT2D eigenvalue weighted by molar-refractivity contribution is -0.124. The molecule has 3 N–H and O–H groups in total. The number of nitrogens with one attached hydrogen (secondary N) is 3. The predicted octanol–water partition coefficient (Wildman–Crippen LogP) is 2.62. The highest BCUT2D eigenvalue weighted by Crippen LogP contribution is 2.29. The van der Waals surface area contributed by atoms with Crippen molar-refractivity contribution in [2.45, 2.75) is 25.3 Å². The molecule has 0 atom stereocenters. The van der Waals surface area contributed by atoms with Crippen LogP contribution in [0.2, 0.25) is 0 Å².